The van der Waals surface area contributed by atoms with Gasteiger partial charge in [0.15, 0.2) is 6.61 Å². The van der Waals surface area contributed by atoms with Crippen molar-refractivity contribution in [2.75, 3.05) is 19.7 Å². The van der Waals surface area contributed by atoms with Crippen LogP contribution < -0.4 is 10.5 Å². The number of carbonyl (C=O) groups excluding carboxylic acids is 1. The molecule has 19 heavy (non-hydrogen) atoms. The summed E-state index contributed by atoms with van der Waals surface area (Å²) in [7, 11) is 0. The highest BCUT2D eigenvalue weighted by atomic mass is 16.5. The van der Waals surface area contributed by atoms with Crippen molar-refractivity contribution in [1.29, 1.82) is 0 Å². The first-order valence-corrected chi connectivity index (χ1v) is 6.91. The first-order valence-electron chi connectivity index (χ1n) is 6.91. The number of rotatable bonds is 8. The van der Waals surface area contributed by atoms with E-state index in [0.717, 1.165) is 31.5 Å². The van der Waals surface area contributed by atoms with E-state index in [1.54, 1.807) is 0 Å². The van der Waals surface area contributed by atoms with Crippen LogP contribution in [0.25, 0.3) is 0 Å². The minimum Gasteiger partial charge on any atom is -0.483 e. The van der Waals surface area contributed by atoms with E-state index in [9.17, 15) is 4.79 Å². The number of benzene rings is 1. The van der Waals surface area contributed by atoms with Crippen molar-refractivity contribution in [2.24, 2.45) is 5.73 Å². The second kappa shape index (κ2) is 8.53. The van der Waals surface area contributed by atoms with E-state index >= 15 is 0 Å². The number of nitrogens with two attached hydrogens (primary N) is 1. The number of hydrogen-bond donors (Lipinski definition) is 1. The van der Waals surface area contributed by atoms with Crippen LogP contribution in [0, 0.1) is 0 Å². The third-order valence-electron chi connectivity index (χ3n) is 3.06. The van der Waals surface area contributed by atoms with Crippen LogP contribution in [0.15, 0.2) is 24.3 Å². The highest BCUT2D eigenvalue weighted by Crippen LogP contribution is 2.17. The van der Waals surface area contributed by atoms with Crippen LogP contribution in [0.2, 0.25) is 0 Å². The van der Waals surface area contributed by atoms with Crippen molar-refractivity contribution >= 4 is 5.91 Å². The lowest BCUT2D eigenvalue weighted by Crippen LogP contribution is -2.35. The van der Waals surface area contributed by atoms with Gasteiger partial charge >= 0.3 is 0 Å². The Morgan fingerprint density at radius 1 is 1.32 bits per heavy atom. The van der Waals surface area contributed by atoms with Gasteiger partial charge in [-0.25, -0.2) is 0 Å². The Morgan fingerprint density at radius 3 is 2.68 bits per heavy atom. The van der Waals surface area contributed by atoms with Crippen LogP contribution >= 0.6 is 0 Å². The molecule has 0 unspecified atom stereocenters. The van der Waals surface area contributed by atoms with Gasteiger partial charge in [-0.15, -0.1) is 0 Å². The zero-order valence-corrected chi connectivity index (χ0v) is 11.9. The lowest BCUT2D eigenvalue weighted by molar-refractivity contribution is -0.133. The molecule has 4 heteroatoms. The average molecular weight is 264 g/mol. The maximum Gasteiger partial charge on any atom is 0.260 e. The molecule has 0 spiro atoms. The second-order valence-corrected chi connectivity index (χ2v) is 4.43. The summed E-state index contributed by atoms with van der Waals surface area (Å²) >= 11 is 0. The molecule has 0 aromatic heterocycles. The van der Waals surface area contributed by atoms with Crippen LogP contribution in [-0.4, -0.2) is 30.5 Å². The van der Waals surface area contributed by atoms with Crippen molar-refractivity contribution < 1.29 is 9.53 Å². The van der Waals surface area contributed by atoms with E-state index in [-0.39, 0.29) is 12.5 Å². The smallest absolute Gasteiger partial charge is 0.260 e. The molecular formula is C15H24N2O2. The predicted octanol–water partition coefficient (Wildman–Crippen LogP) is 2.17. The minimum atomic E-state index is 0.0303. The number of carbonyl (C=O) groups is 1. The quantitative estimate of drug-likeness (QED) is 0.783. The maximum absolute atomic E-state index is 12.0. The summed E-state index contributed by atoms with van der Waals surface area (Å²) in [4.78, 5) is 13.9. The summed E-state index contributed by atoms with van der Waals surface area (Å²) in [5.74, 6) is 0.729. The summed E-state index contributed by atoms with van der Waals surface area (Å²) < 4.78 is 5.58. The summed E-state index contributed by atoms with van der Waals surface area (Å²) in [6, 6.07) is 7.55. The molecule has 1 aromatic rings. The molecule has 0 aliphatic rings. The van der Waals surface area contributed by atoms with Gasteiger partial charge in [0.25, 0.3) is 5.91 Å². The van der Waals surface area contributed by atoms with Crippen LogP contribution in [0.4, 0.5) is 0 Å². The summed E-state index contributed by atoms with van der Waals surface area (Å²) in [5.41, 5.74) is 6.56. The summed E-state index contributed by atoms with van der Waals surface area (Å²) in [6.07, 6.45) is 2.11. The van der Waals surface area contributed by atoms with Gasteiger partial charge in [0, 0.05) is 25.2 Å². The highest BCUT2D eigenvalue weighted by molar-refractivity contribution is 5.77. The van der Waals surface area contributed by atoms with Gasteiger partial charge in [-0.2, -0.15) is 0 Å². The van der Waals surface area contributed by atoms with Crippen LogP contribution in [0.5, 0.6) is 5.75 Å². The molecule has 0 heterocycles. The van der Waals surface area contributed by atoms with E-state index in [1.807, 2.05) is 36.1 Å². The fourth-order valence-corrected chi connectivity index (χ4v) is 1.85. The minimum absolute atomic E-state index is 0.0303. The Morgan fingerprint density at radius 2 is 2.05 bits per heavy atom. The topological polar surface area (TPSA) is 55.6 Å². The van der Waals surface area contributed by atoms with Gasteiger partial charge in [0.05, 0.1) is 0 Å². The third-order valence-corrected chi connectivity index (χ3v) is 3.06. The Balaban J connectivity index is 2.52. The molecule has 0 aliphatic heterocycles. The second-order valence-electron chi connectivity index (χ2n) is 4.43. The number of hydrogen-bond acceptors (Lipinski definition) is 3. The zero-order valence-electron chi connectivity index (χ0n) is 11.9. The lowest BCUT2D eigenvalue weighted by Gasteiger charge is -2.21. The maximum atomic E-state index is 12.0. The zero-order chi connectivity index (χ0) is 14.1. The molecular weight excluding hydrogens is 240 g/mol. The first kappa shape index (κ1) is 15.5. The normalized spacial score (nSPS) is 10.3. The Bertz CT molecular complexity index is 393. The van der Waals surface area contributed by atoms with Crippen molar-refractivity contribution in [3.8, 4) is 5.75 Å². The predicted molar refractivity (Wildman–Crippen MR) is 77.0 cm³/mol. The molecule has 0 saturated carbocycles. The molecule has 0 fully saturated rings. The number of unbranched alkanes of at least 4 members (excludes halogenated alkanes) is 1. The van der Waals surface area contributed by atoms with Crippen molar-refractivity contribution in [3.63, 3.8) is 0 Å². The fraction of sp³-hybridized carbons (Fsp3) is 0.533. The Labute approximate surface area is 115 Å². The number of nitrogens with zero attached hydrogens (tertiary/aromatic N) is 1. The van der Waals surface area contributed by atoms with Gasteiger partial charge in [0.1, 0.15) is 5.75 Å². The molecule has 0 aliphatic carbocycles. The van der Waals surface area contributed by atoms with Gasteiger partial charge in [-0.05, 0) is 19.4 Å². The monoisotopic (exact) mass is 264 g/mol. The van der Waals surface area contributed by atoms with Crippen molar-refractivity contribution in [3.05, 3.63) is 29.8 Å². The highest BCUT2D eigenvalue weighted by Gasteiger charge is 2.12. The standard InChI is InChI=1S/C15H24N2O2/c1-3-5-10-17(4-2)15(18)12-19-14-9-7-6-8-13(14)11-16/h6-9H,3-5,10-12,16H2,1-2H3. The number of para-hydroxylation sites is 1. The van der Waals surface area contributed by atoms with Gasteiger partial charge < -0.3 is 15.4 Å². The lowest BCUT2D eigenvalue weighted by atomic mass is 10.2. The largest absolute Gasteiger partial charge is 0.483 e. The molecule has 0 atom stereocenters. The molecule has 0 radical (unpaired) electrons. The van der Waals surface area contributed by atoms with Gasteiger partial charge in [-0.3, -0.25) is 4.79 Å². The Hall–Kier alpha value is -1.55. The molecule has 1 amide bonds. The van der Waals surface area contributed by atoms with E-state index in [1.165, 1.54) is 0 Å². The van der Waals surface area contributed by atoms with E-state index in [0.29, 0.717) is 12.3 Å². The van der Waals surface area contributed by atoms with Crippen LogP contribution in [-0.2, 0) is 11.3 Å². The molecule has 0 saturated heterocycles. The fourth-order valence-electron chi connectivity index (χ4n) is 1.85. The van der Waals surface area contributed by atoms with Gasteiger partial charge in [0.2, 0.25) is 0 Å². The molecule has 4 nitrogen and oxygen atoms in total. The van der Waals surface area contributed by atoms with Crippen molar-refractivity contribution in [2.45, 2.75) is 33.2 Å². The number of likely N-dealkylation sites (N-methyl/N-ethyl adjacent to an activating group) is 1. The average Bonchev–Trinajstić information content (AvgIpc) is 2.46. The number of ether oxygens (including phenoxy) is 1. The number of amides is 1. The summed E-state index contributed by atoms with van der Waals surface area (Å²) in [5, 5.41) is 0. The third kappa shape index (κ3) is 4.91. The molecule has 0 bridgehead atoms. The van der Waals surface area contributed by atoms with E-state index in [2.05, 4.69) is 6.92 Å². The van der Waals surface area contributed by atoms with E-state index in [4.69, 9.17) is 10.5 Å². The van der Waals surface area contributed by atoms with Gasteiger partial charge in [-0.1, -0.05) is 31.5 Å². The molecule has 2 N–H and O–H groups in total. The molecule has 106 valence electrons. The van der Waals surface area contributed by atoms with E-state index < -0.39 is 0 Å². The van der Waals surface area contributed by atoms with Crippen LogP contribution in [0.1, 0.15) is 32.3 Å². The van der Waals surface area contributed by atoms with Crippen molar-refractivity contribution in [1.82, 2.24) is 4.90 Å². The first-order chi connectivity index (χ1) is 9.22. The molecule has 1 rings (SSSR count). The SMILES string of the molecule is CCCCN(CC)C(=O)COc1ccccc1CN. The summed E-state index contributed by atoms with van der Waals surface area (Å²) in [6.45, 7) is 6.12. The molecule has 1 aromatic carbocycles. The Kier molecular flexibility index (Phi) is 6.97. The van der Waals surface area contributed by atoms with Crippen LogP contribution in [0.3, 0.4) is 0 Å².